The Hall–Kier alpha value is -0.820. The first-order chi connectivity index (χ1) is 7.17. The zero-order valence-electron chi connectivity index (χ0n) is 9.61. The van der Waals surface area contributed by atoms with Crippen molar-refractivity contribution >= 4 is 0 Å². The first kappa shape index (κ1) is 10.7. The van der Waals surface area contributed by atoms with Crippen LogP contribution in [0.4, 0.5) is 0 Å². The first-order valence-electron chi connectivity index (χ1n) is 5.90. The van der Waals surface area contributed by atoms with Gasteiger partial charge in [-0.1, -0.05) is 50.6 Å². The number of benzene rings is 1. The third-order valence-electron chi connectivity index (χ3n) is 4.09. The maximum absolute atomic E-state index is 10.5. The number of hydrogen-bond donors (Lipinski definition) is 1. The molecular weight excluding hydrogens is 184 g/mol. The van der Waals surface area contributed by atoms with Crippen molar-refractivity contribution in [3.05, 3.63) is 35.9 Å². The molecule has 15 heavy (non-hydrogen) atoms. The van der Waals surface area contributed by atoms with Gasteiger partial charge in [0.05, 0.1) is 6.10 Å². The number of aliphatic hydroxyl groups is 1. The van der Waals surface area contributed by atoms with Gasteiger partial charge in [0.2, 0.25) is 0 Å². The third-order valence-corrected chi connectivity index (χ3v) is 4.09. The molecule has 1 nitrogen and oxygen atoms in total. The highest BCUT2D eigenvalue weighted by Gasteiger charge is 2.46. The van der Waals surface area contributed by atoms with Gasteiger partial charge in [0.1, 0.15) is 0 Å². The first-order valence-corrected chi connectivity index (χ1v) is 5.90. The molecule has 0 spiro atoms. The van der Waals surface area contributed by atoms with Crippen molar-refractivity contribution in [1.29, 1.82) is 0 Å². The smallest absolute Gasteiger partial charge is 0.0848 e. The minimum absolute atomic E-state index is 0.140. The van der Waals surface area contributed by atoms with E-state index in [4.69, 9.17) is 0 Å². The lowest BCUT2D eigenvalue weighted by molar-refractivity contribution is -0.0719. The summed E-state index contributed by atoms with van der Waals surface area (Å²) < 4.78 is 0. The molecule has 1 unspecified atom stereocenters. The van der Waals surface area contributed by atoms with E-state index < -0.39 is 0 Å². The van der Waals surface area contributed by atoms with Gasteiger partial charge in [0, 0.05) is 5.41 Å². The van der Waals surface area contributed by atoms with Crippen LogP contribution in [0.5, 0.6) is 0 Å². The van der Waals surface area contributed by atoms with E-state index >= 15 is 0 Å². The summed E-state index contributed by atoms with van der Waals surface area (Å²) in [5.74, 6) is 0.557. The Bertz CT molecular complexity index is 311. The van der Waals surface area contributed by atoms with Crippen molar-refractivity contribution in [2.45, 2.75) is 39.2 Å². The summed E-state index contributed by atoms with van der Waals surface area (Å²) in [6, 6.07) is 10.1. The molecule has 1 aliphatic carbocycles. The van der Waals surface area contributed by atoms with E-state index in [1.54, 1.807) is 0 Å². The predicted molar refractivity (Wildman–Crippen MR) is 62.5 cm³/mol. The molecule has 1 aromatic carbocycles. The third kappa shape index (κ3) is 1.69. The van der Waals surface area contributed by atoms with E-state index in [9.17, 15) is 5.11 Å². The van der Waals surface area contributed by atoms with Crippen LogP contribution in [-0.2, 0) is 0 Å². The fourth-order valence-corrected chi connectivity index (χ4v) is 2.72. The highest BCUT2D eigenvalue weighted by atomic mass is 16.3. The largest absolute Gasteiger partial charge is 0.388 e. The summed E-state index contributed by atoms with van der Waals surface area (Å²) >= 11 is 0. The molecule has 0 radical (unpaired) electrons. The highest BCUT2D eigenvalue weighted by Crippen LogP contribution is 2.55. The molecule has 0 saturated heterocycles. The molecular formula is C14H20O. The van der Waals surface area contributed by atoms with Gasteiger partial charge in [-0.3, -0.25) is 0 Å². The van der Waals surface area contributed by atoms with Crippen molar-refractivity contribution in [2.75, 3.05) is 0 Å². The average Bonchev–Trinajstić information content (AvgIpc) is 2.16. The lowest BCUT2D eigenvalue weighted by Gasteiger charge is -2.49. The quantitative estimate of drug-likeness (QED) is 0.798. The molecule has 0 aromatic heterocycles. The Labute approximate surface area is 92.1 Å². The van der Waals surface area contributed by atoms with Crippen LogP contribution in [0.15, 0.2) is 30.3 Å². The molecule has 1 aromatic rings. The van der Waals surface area contributed by atoms with Crippen molar-refractivity contribution in [3.63, 3.8) is 0 Å². The van der Waals surface area contributed by atoms with E-state index in [0.717, 1.165) is 5.56 Å². The standard InChI is InChI=1S/C14H20O/c1-11(2)14(9-6-10-14)13(15)12-7-4-3-5-8-12/h3-5,7-8,11,13,15H,6,9-10H2,1-2H3. The second-order valence-corrected chi connectivity index (χ2v) is 5.05. The monoisotopic (exact) mass is 204 g/mol. The summed E-state index contributed by atoms with van der Waals surface area (Å²) in [5.41, 5.74) is 1.22. The molecule has 1 fully saturated rings. The minimum atomic E-state index is -0.285. The normalized spacial score (nSPS) is 21.1. The molecule has 1 atom stereocenters. The highest BCUT2D eigenvalue weighted by molar-refractivity contribution is 5.21. The van der Waals surface area contributed by atoms with E-state index in [-0.39, 0.29) is 11.5 Å². The van der Waals surface area contributed by atoms with Crippen molar-refractivity contribution in [2.24, 2.45) is 11.3 Å². The van der Waals surface area contributed by atoms with Crippen LogP contribution in [0, 0.1) is 11.3 Å². The van der Waals surface area contributed by atoms with Gasteiger partial charge >= 0.3 is 0 Å². The topological polar surface area (TPSA) is 20.2 Å². The molecule has 1 N–H and O–H groups in total. The van der Waals surface area contributed by atoms with Crippen LogP contribution in [0.3, 0.4) is 0 Å². The molecule has 1 aliphatic rings. The Morgan fingerprint density at radius 2 is 1.73 bits per heavy atom. The van der Waals surface area contributed by atoms with E-state index in [0.29, 0.717) is 5.92 Å². The van der Waals surface area contributed by atoms with E-state index in [1.807, 2.05) is 30.3 Å². The zero-order valence-corrected chi connectivity index (χ0v) is 9.61. The fraction of sp³-hybridized carbons (Fsp3) is 0.571. The maximum Gasteiger partial charge on any atom is 0.0848 e. The van der Waals surface area contributed by atoms with Gasteiger partial charge < -0.3 is 5.11 Å². The number of rotatable bonds is 3. The lowest BCUT2D eigenvalue weighted by Crippen LogP contribution is -2.40. The van der Waals surface area contributed by atoms with Crippen LogP contribution in [0.2, 0.25) is 0 Å². The van der Waals surface area contributed by atoms with Crippen LogP contribution < -0.4 is 0 Å². The minimum Gasteiger partial charge on any atom is -0.388 e. The summed E-state index contributed by atoms with van der Waals surface area (Å²) in [4.78, 5) is 0. The van der Waals surface area contributed by atoms with Crippen LogP contribution in [0.1, 0.15) is 44.8 Å². The van der Waals surface area contributed by atoms with Crippen molar-refractivity contribution < 1.29 is 5.11 Å². The zero-order chi connectivity index (χ0) is 10.9. The summed E-state index contributed by atoms with van der Waals surface area (Å²) in [7, 11) is 0. The second kappa shape index (κ2) is 3.97. The molecule has 0 amide bonds. The van der Waals surface area contributed by atoms with E-state index in [1.165, 1.54) is 19.3 Å². The molecule has 82 valence electrons. The Balaban J connectivity index is 2.23. The Kier molecular flexibility index (Phi) is 2.83. The van der Waals surface area contributed by atoms with Gasteiger partial charge in [-0.25, -0.2) is 0 Å². The van der Waals surface area contributed by atoms with Crippen molar-refractivity contribution in [1.82, 2.24) is 0 Å². The predicted octanol–water partition coefficient (Wildman–Crippen LogP) is 3.55. The van der Waals surface area contributed by atoms with Gasteiger partial charge in [-0.05, 0) is 24.3 Å². The van der Waals surface area contributed by atoms with Gasteiger partial charge in [0.25, 0.3) is 0 Å². The van der Waals surface area contributed by atoms with Crippen LogP contribution in [0.25, 0.3) is 0 Å². The van der Waals surface area contributed by atoms with E-state index in [2.05, 4.69) is 13.8 Å². The Morgan fingerprint density at radius 3 is 2.13 bits per heavy atom. The Morgan fingerprint density at radius 1 is 1.13 bits per heavy atom. The second-order valence-electron chi connectivity index (χ2n) is 5.05. The number of hydrogen-bond acceptors (Lipinski definition) is 1. The molecule has 0 heterocycles. The maximum atomic E-state index is 10.5. The SMILES string of the molecule is CC(C)C1(C(O)c2ccccc2)CCC1. The van der Waals surface area contributed by atoms with Gasteiger partial charge in [-0.15, -0.1) is 0 Å². The summed E-state index contributed by atoms with van der Waals surface area (Å²) in [5, 5.41) is 10.5. The van der Waals surface area contributed by atoms with Gasteiger partial charge in [-0.2, -0.15) is 0 Å². The lowest BCUT2D eigenvalue weighted by atomic mass is 9.58. The number of aliphatic hydroxyl groups excluding tert-OH is 1. The summed E-state index contributed by atoms with van der Waals surface area (Å²) in [6.07, 6.45) is 3.32. The van der Waals surface area contributed by atoms with Crippen LogP contribution >= 0.6 is 0 Å². The van der Waals surface area contributed by atoms with Crippen LogP contribution in [-0.4, -0.2) is 5.11 Å². The molecule has 0 aliphatic heterocycles. The molecule has 1 saturated carbocycles. The summed E-state index contributed by atoms with van der Waals surface area (Å²) in [6.45, 7) is 4.46. The van der Waals surface area contributed by atoms with Gasteiger partial charge in [0.15, 0.2) is 0 Å². The average molecular weight is 204 g/mol. The van der Waals surface area contributed by atoms with Crippen molar-refractivity contribution in [3.8, 4) is 0 Å². The molecule has 2 rings (SSSR count). The molecule has 1 heteroatoms. The molecule has 0 bridgehead atoms. The fourth-order valence-electron chi connectivity index (χ4n) is 2.72.